The van der Waals surface area contributed by atoms with Gasteiger partial charge in [-0.1, -0.05) is 35.9 Å². The number of nitriles is 1. The van der Waals surface area contributed by atoms with Crippen LogP contribution in [0.4, 0.5) is 0 Å². The third kappa shape index (κ3) is 4.52. The molecule has 25 heavy (non-hydrogen) atoms. The lowest BCUT2D eigenvalue weighted by Gasteiger charge is -2.04. The van der Waals surface area contributed by atoms with Crippen LogP contribution in [0.15, 0.2) is 53.9 Å². The van der Waals surface area contributed by atoms with Crippen molar-refractivity contribution < 1.29 is 9.53 Å². The highest BCUT2D eigenvalue weighted by atomic mass is 32.1. The zero-order valence-corrected chi connectivity index (χ0v) is 14.5. The van der Waals surface area contributed by atoms with Crippen molar-refractivity contribution in [2.24, 2.45) is 0 Å². The first-order valence-electron chi connectivity index (χ1n) is 7.80. The summed E-state index contributed by atoms with van der Waals surface area (Å²) >= 11 is 1.52. The summed E-state index contributed by atoms with van der Waals surface area (Å²) in [5, 5.41) is 11.7. The number of hydrogen-bond acceptors (Lipinski definition) is 5. The van der Waals surface area contributed by atoms with Gasteiger partial charge in [-0.15, -0.1) is 11.3 Å². The van der Waals surface area contributed by atoms with Crippen LogP contribution in [-0.4, -0.2) is 11.0 Å². The van der Waals surface area contributed by atoms with Crippen LogP contribution in [0.25, 0.3) is 10.6 Å². The normalized spacial score (nSPS) is 10.2. The van der Waals surface area contributed by atoms with Crippen LogP contribution in [0, 0.1) is 18.3 Å². The van der Waals surface area contributed by atoms with E-state index in [1.807, 2.05) is 36.6 Å². The average molecular weight is 348 g/mol. The van der Waals surface area contributed by atoms with E-state index in [2.05, 4.69) is 17.1 Å². The summed E-state index contributed by atoms with van der Waals surface area (Å²) in [7, 11) is 0. The molecule has 0 fully saturated rings. The van der Waals surface area contributed by atoms with Gasteiger partial charge in [0, 0.05) is 10.9 Å². The summed E-state index contributed by atoms with van der Waals surface area (Å²) in [5.41, 5.74) is 4.28. The zero-order valence-electron chi connectivity index (χ0n) is 13.7. The Morgan fingerprint density at radius 1 is 1.24 bits per heavy atom. The van der Waals surface area contributed by atoms with Crippen LogP contribution in [0.1, 0.15) is 22.4 Å². The lowest BCUT2D eigenvalue weighted by Crippen LogP contribution is -2.08. The molecule has 5 heteroatoms. The second-order valence-corrected chi connectivity index (χ2v) is 6.52. The fourth-order valence-electron chi connectivity index (χ4n) is 2.39. The Balaban J connectivity index is 1.59. The molecule has 0 saturated heterocycles. The first-order valence-corrected chi connectivity index (χ1v) is 8.68. The van der Waals surface area contributed by atoms with E-state index in [1.165, 1.54) is 16.9 Å². The second-order valence-electron chi connectivity index (χ2n) is 5.66. The Bertz CT molecular complexity index is 941. The van der Waals surface area contributed by atoms with E-state index in [-0.39, 0.29) is 19.0 Å². The van der Waals surface area contributed by atoms with E-state index >= 15 is 0 Å². The Morgan fingerprint density at radius 2 is 2.08 bits per heavy atom. The van der Waals surface area contributed by atoms with Crippen LogP contribution in [-0.2, 0) is 22.6 Å². The first kappa shape index (κ1) is 16.9. The van der Waals surface area contributed by atoms with Crippen molar-refractivity contribution >= 4 is 17.3 Å². The van der Waals surface area contributed by atoms with Gasteiger partial charge in [0.15, 0.2) is 0 Å². The number of carbonyl (C=O) groups excluding carboxylic acids is 1. The molecular weight excluding hydrogens is 332 g/mol. The monoisotopic (exact) mass is 348 g/mol. The third-order valence-electron chi connectivity index (χ3n) is 3.60. The minimum absolute atomic E-state index is 0.139. The molecule has 3 aromatic rings. The number of carbonyl (C=O) groups is 1. The smallest absolute Gasteiger partial charge is 0.312 e. The van der Waals surface area contributed by atoms with Gasteiger partial charge in [0.2, 0.25) is 0 Å². The first-order chi connectivity index (χ1) is 12.1. The fraction of sp³-hybridized carbons (Fsp3) is 0.150. The maximum atomic E-state index is 12.0. The van der Waals surface area contributed by atoms with Gasteiger partial charge in [0.25, 0.3) is 0 Å². The molecule has 0 spiro atoms. The van der Waals surface area contributed by atoms with E-state index < -0.39 is 0 Å². The highest BCUT2D eigenvalue weighted by Gasteiger charge is 2.10. The molecule has 0 saturated carbocycles. The maximum Gasteiger partial charge on any atom is 0.312 e. The highest BCUT2D eigenvalue weighted by Crippen LogP contribution is 2.24. The Kier molecular flexibility index (Phi) is 5.22. The molecule has 0 radical (unpaired) electrons. The SMILES string of the molecule is Cc1cccc(-c2nc(CC(=O)OCc3cccc(C#N)c3)cs2)c1. The van der Waals surface area contributed by atoms with Crippen LogP contribution >= 0.6 is 11.3 Å². The minimum Gasteiger partial charge on any atom is -0.461 e. The van der Waals surface area contributed by atoms with E-state index in [0.29, 0.717) is 11.3 Å². The number of rotatable bonds is 5. The predicted molar refractivity (Wildman–Crippen MR) is 96.9 cm³/mol. The van der Waals surface area contributed by atoms with Gasteiger partial charge in [-0.3, -0.25) is 4.79 Å². The number of aryl methyl sites for hydroxylation is 1. The largest absolute Gasteiger partial charge is 0.461 e. The van der Waals surface area contributed by atoms with Gasteiger partial charge in [-0.25, -0.2) is 4.98 Å². The Labute approximate surface area is 150 Å². The molecule has 4 nitrogen and oxygen atoms in total. The van der Waals surface area contributed by atoms with Crippen molar-refractivity contribution in [3.8, 4) is 16.6 Å². The third-order valence-corrected chi connectivity index (χ3v) is 4.54. The van der Waals surface area contributed by atoms with Crippen LogP contribution in [0.5, 0.6) is 0 Å². The van der Waals surface area contributed by atoms with Gasteiger partial charge in [-0.05, 0) is 30.7 Å². The second kappa shape index (κ2) is 7.73. The average Bonchev–Trinajstić information content (AvgIpc) is 3.08. The van der Waals surface area contributed by atoms with Gasteiger partial charge in [0.1, 0.15) is 11.6 Å². The van der Waals surface area contributed by atoms with Gasteiger partial charge in [0.05, 0.1) is 23.7 Å². The summed E-state index contributed by atoms with van der Waals surface area (Å²) in [6.07, 6.45) is 0.139. The summed E-state index contributed by atoms with van der Waals surface area (Å²) in [6.45, 7) is 2.19. The molecule has 0 bridgehead atoms. The van der Waals surface area contributed by atoms with Crippen molar-refractivity contribution in [2.45, 2.75) is 20.0 Å². The Morgan fingerprint density at radius 3 is 2.88 bits per heavy atom. The lowest BCUT2D eigenvalue weighted by molar-refractivity contribution is -0.144. The summed E-state index contributed by atoms with van der Waals surface area (Å²) in [5.74, 6) is -0.330. The summed E-state index contributed by atoms with van der Waals surface area (Å²) in [4.78, 5) is 16.5. The fourth-order valence-corrected chi connectivity index (χ4v) is 3.21. The molecule has 0 aliphatic rings. The van der Waals surface area contributed by atoms with Gasteiger partial charge >= 0.3 is 5.97 Å². The van der Waals surface area contributed by atoms with Gasteiger partial charge < -0.3 is 4.74 Å². The van der Waals surface area contributed by atoms with Crippen molar-refractivity contribution in [1.82, 2.24) is 4.98 Å². The van der Waals surface area contributed by atoms with E-state index in [1.54, 1.807) is 18.2 Å². The van der Waals surface area contributed by atoms with Crippen LogP contribution in [0.2, 0.25) is 0 Å². The standard InChI is InChI=1S/C20H16N2O2S/c1-14-4-2-7-17(8-14)20-22-18(13-25-20)10-19(23)24-12-16-6-3-5-15(9-16)11-21/h2-9,13H,10,12H2,1H3. The molecular formula is C20H16N2O2S. The van der Waals surface area contributed by atoms with Crippen molar-refractivity contribution in [3.63, 3.8) is 0 Å². The molecule has 0 amide bonds. The summed E-state index contributed by atoms with van der Waals surface area (Å²) in [6, 6.07) is 17.2. The van der Waals surface area contributed by atoms with Crippen LogP contribution < -0.4 is 0 Å². The highest BCUT2D eigenvalue weighted by molar-refractivity contribution is 7.13. The quantitative estimate of drug-likeness (QED) is 0.646. The van der Waals surface area contributed by atoms with E-state index in [0.717, 1.165) is 16.1 Å². The molecule has 0 N–H and O–H groups in total. The molecule has 3 rings (SSSR count). The number of esters is 1. The molecule has 1 aromatic heterocycles. The Hall–Kier alpha value is -2.97. The molecule has 0 unspecified atom stereocenters. The van der Waals surface area contributed by atoms with E-state index in [9.17, 15) is 4.79 Å². The van der Waals surface area contributed by atoms with Crippen molar-refractivity contribution in [1.29, 1.82) is 5.26 Å². The number of nitrogens with zero attached hydrogens (tertiary/aromatic N) is 2. The topological polar surface area (TPSA) is 63.0 Å². The van der Waals surface area contributed by atoms with Crippen molar-refractivity contribution in [2.75, 3.05) is 0 Å². The number of ether oxygens (including phenoxy) is 1. The number of aromatic nitrogens is 1. The molecule has 124 valence electrons. The van der Waals surface area contributed by atoms with Crippen LogP contribution in [0.3, 0.4) is 0 Å². The number of hydrogen-bond donors (Lipinski definition) is 0. The molecule has 1 heterocycles. The predicted octanol–water partition coefficient (Wildman–Crippen LogP) is 4.28. The number of benzene rings is 2. The van der Waals surface area contributed by atoms with E-state index in [4.69, 9.17) is 10.00 Å². The molecule has 2 aromatic carbocycles. The number of thiazole rings is 1. The summed E-state index contributed by atoms with van der Waals surface area (Å²) < 4.78 is 5.28. The van der Waals surface area contributed by atoms with Gasteiger partial charge in [-0.2, -0.15) is 5.26 Å². The molecule has 0 atom stereocenters. The van der Waals surface area contributed by atoms with Crippen molar-refractivity contribution in [3.05, 3.63) is 76.3 Å². The zero-order chi connectivity index (χ0) is 17.6. The minimum atomic E-state index is -0.330. The molecule has 0 aliphatic heterocycles. The lowest BCUT2D eigenvalue weighted by atomic mass is 10.1. The maximum absolute atomic E-state index is 12.0. The molecule has 0 aliphatic carbocycles.